The van der Waals surface area contributed by atoms with Gasteiger partial charge in [-0.15, -0.1) is 0 Å². The highest BCUT2D eigenvalue weighted by Gasteiger charge is 2.46. The van der Waals surface area contributed by atoms with Gasteiger partial charge in [0, 0.05) is 10.9 Å². The minimum atomic E-state index is -0.463. The first-order chi connectivity index (χ1) is 22.8. The lowest BCUT2D eigenvalue weighted by atomic mass is 9.67. The van der Waals surface area contributed by atoms with Crippen molar-refractivity contribution in [2.45, 2.75) is 5.41 Å². The molecule has 0 aromatic heterocycles. The van der Waals surface area contributed by atoms with E-state index in [0.717, 1.165) is 17.1 Å². The SMILES string of the molecule is c1ccc(C2(c3ccccc3)c3cc(-c4ccc5c(c4)-c4cccc6cccc(c46)O5)ccc3-c3c2ccc2ccccc32)cc1. The van der Waals surface area contributed by atoms with Crippen LogP contribution in [-0.4, -0.2) is 0 Å². The predicted molar refractivity (Wildman–Crippen MR) is 190 cm³/mol. The van der Waals surface area contributed by atoms with Crippen LogP contribution in [0, 0.1) is 0 Å². The van der Waals surface area contributed by atoms with E-state index in [0.29, 0.717) is 0 Å². The maximum Gasteiger partial charge on any atom is 0.135 e. The molecule has 1 heteroatoms. The molecule has 1 aliphatic carbocycles. The van der Waals surface area contributed by atoms with Gasteiger partial charge < -0.3 is 4.74 Å². The topological polar surface area (TPSA) is 9.23 Å². The summed E-state index contributed by atoms with van der Waals surface area (Å²) in [5, 5.41) is 4.93. The first-order valence-electron chi connectivity index (χ1n) is 15.9. The molecule has 0 amide bonds. The van der Waals surface area contributed by atoms with Crippen LogP contribution in [0.15, 0.2) is 170 Å². The van der Waals surface area contributed by atoms with Crippen molar-refractivity contribution < 1.29 is 4.74 Å². The van der Waals surface area contributed by atoms with Crippen molar-refractivity contribution in [3.8, 4) is 44.9 Å². The van der Waals surface area contributed by atoms with E-state index in [1.54, 1.807) is 0 Å². The molecule has 2 aliphatic rings. The summed E-state index contributed by atoms with van der Waals surface area (Å²) in [6.45, 7) is 0. The summed E-state index contributed by atoms with van der Waals surface area (Å²) in [7, 11) is 0. The highest BCUT2D eigenvalue weighted by Crippen LogP contribution is 2.58. The van der Waals surface area contributed by atoms with Crippen LogP contribution < -0.4 is 4.74 Å². The van der Waals surface area contributed by atoms with E-state index >= 15 is 0 Å². The van der Waals surface area contributed by atoms with Gasteiger partial charge in [-0.3, -0.25) is 0 Å². The molecule has 0 saturated carbocycles. The summed E-state index contributed by atoms with van der Waals surface area (Å²) in [4.78, 5) is 0. The van der Waals surface area contributed by atoms with Gasteiger partial charge in [0.2, 0.25) is 0 Å². The lowest BCUT2D eigenvalue weighted by molar-refractivity contribution is 0.487. The van der Waals surface area contributed by atoms with Gasteiger partial charge >= 0.3 is 0 Å². The molecule has 0 atom stereocenters. The van der Waals surface area contributed by atoms with Crippen molar-refractivity contribution >= 4 is 21.5 Å². The van der Waals surface area contributed by atoms with E-state index in [2.05, 4.69) is 170 Å². The molecule has 0 saturated heterocycles. The molecule has 1 heterocycles. The van der Waals surface area contributed by atoms with Crippen molar-refractivity contribution in [2.24, 2.45) is 0 Å². The molecule has 214 valence electrons. The normalized spacial score (nSPS) is 13.6. The van der Waals surface area contributed by atoms with Gasteiger partial charge in [0.25, 0.3) is 0 Å². The second-order valence-electron chi connectivity index (χ2n) is 12.4. The van der Waals surface area contributed by atoms with Crippen molar-refractivity contribution in [3.63, 3.8) is 0 Å². The van der Waals surface area contributed by atoms with Gasteiger partial charge in [-0.1, -0.05) is 146 Å². The summed E-state index contributed by atoms with van der Waals surface area (Å²) < 4.78 is 6.45. The highest BCUT2D eigenvalue weighted by molar-refractivity contribution is 6.06. The van der Waals surface area contributed by atoms with Crippen LogP contribution in [-0.2, 0) is 5.41 Å². The zero-order valence-electron chi connectivity index (χ0n) is 25.1. The minimum Gasteiger partial charge on any atom is -0.456 e. The molecule has 0 N–H and O–H groups in total. The highest BCUT2D eigenvalue weighted by atomic mass is 16.5. The average Bonchev–Trinajstić information content (AvgIpc) is 3.43. The van der Waals surface area contributed by atoms with Crippen molar-refractivity contribution in [2.75, 3.05) is 0 Å². The Morgan fingerprint density at radius 1 is 0.391 bits per heavy atom. The lowest BCUT2D eigenvalue weighted by Gasteiger charge is -2.34. The van der Waals surface area contributed by atoms with Crippen LogP contribution in [0.2, 0.25) is 0 Å². The number of rotatable bonds is 3. The standard InChI is InChI=1S/C45H28O/c1-3-14-33(15-4-1)45(34-16-5-2-6-17-34)39-25-22-29-11-7-8-18-35(29)44(39)37-24-21-32(28-40(37)45)31-23-26-41-38(27-31)36-19-9-12-30-13-10-20-42(46-41)43(30)36/h1-28H. The molecule has 0 radical (unpaired) electrons. The Morgan fingerprint density at radius 3 is 1.87 bits per heavy atom. The van der Waals surface area contributed by atoms with E-state index in [1.165, 1.54) is 71.6 Å². The summed E-state index contributed by atoms with van der Waals surface area (Å²) in [6.07, 6.45) is 0. The van der Waals surface area contributed by atoms with Gasteiger partial charge in [0.1, 0.15) is 11.5 Å². The number of ether oxygens (including phenoxy) is 1. The summed E-state index contributed by atoms with van der Waals surface area (Å²) >= 11 is 0. The first kappa shape index (κ1) is 25.4. The Balaban J connectivity index is 1.26. The number of hydrogen-bond donors (Lipinski definition) is 0. The van der Waals surface area contributed by atoms with Gasteiger partial charge in [-0.05, 0) is 90.5 Å². The van der Waals surface area contributed by atoms with Gasteiger partial charge in [0.05, 0.1) is 5.41 Å². The van der Waals surface area contributed by atoms with Crippen LogP contribution in [0.3, 0.4) is 0 Å². The molecule has 0 bridgehead atoms. The molecule has 46 heavy (non-hydrogen) atoms. The molecule has 0 unspecified atom stereocenters. The van der Waals surface area contributed by atoms with E-state index in [-0.39, 0.29) is 0 Å². The summed E-state index contributed by atoms with van der Waals surface area (Å²) in [6, 6.07) is 62.1. The third-order valence-electron chi connectivity index (χ3n) is 10.1. The average molecular weight is 585 g/mol. The lowest BCUT2D eigenvalue weighted by Crippen LogP contribution is -2.28. The van der Waals surface area contributed by atoms with Gasteiger partial charge in [-0.2, -0.15) is 0 Å². The van der Waals surface area contributed by atoms with Crippen LogP contribution >= 0.6 is 0 Å². The molecular formula is C45H28O. The minimum absolute atomic E-state index is 0.463. The third-order valence-corrected chi connectivity index (χ3v) is 10.1. The first-order valence-corrected chi connectivity index (χ1v) is 15.9. The van der Waals surface area contributed by atoms with Gasteiger partial charge in [0.15, 0.2) is 0 Å². The van der Waals surface area contributed by atoms with E-state index in [4.69, 9.17) is 4.74 Å². The molecule has 8 aromatic carbocycles. The molecule has 1 nitrogen and oxygen atoms in total. The Kier molecular flexibility index (Phi) is 5.27. The second kappa shape index (κ2) is 9.54. The molecule has 0 spiro atoms. The Morgan fingerprint density at radius 2 is 1.07 bits per heavy atom. The fraction of sp³-hybridized carbons (Fsp3) is 0.0222. The van der Waals surface area contributed by atoms with Crippen molar-refractivity contribution in [1.29, 1.82) is 0 Å². The molecule has 10 rings (SSSR count). The monoisotopic (exact) mass is 584 g/mol. The summed E-state index contributed by atoms with van der Waals surface area (Å²) in [5.74, 6) is 1.82. The fourth-order valence-corrected chi connectivity index (χ4v) is 8.18. The molecule has 0 fully saturated rings. The predicted octanol–water partition coefficient (Wildman–Crippen LogP) is 11.8. The van der Waals surface area contributed by atoms with Gasteiger partial charge in [-0.25, -0.2) is 0 Å². The maximum atomic E-state index is 6.45. The molecule has 1 aliphatic heterocycles. The zero-order chi connectivity index (χ0) is 30.2. The Hall–Kier alpha value is -5.92. The fourth-order valence-electron chi connectivity index (χ4n) is 8.18. The zero-order valence-corrected chi connectivity index (χ0v) is 25.1. The quantitative estimate of drug-likeness (QED) is 0.201. The van der Waals surface area contributed by atoms with Crippen LogP contribution in [0.5, 0.6) is 11.5 Å². The smallest absolute Gasteiger partial charge is 0.135 e. The Labute approximate surface area is 268 Å². The molecule has 8 aromatic rings. The maximum absolute atomic E-state index is 6.45. The van der Waals surface area contributed by atoms with Crippen LogP contribution in [0.1, 0.15) is 22.3 Å². The third kappa shape index (κ3) is 3.40. The van der Waals surface area contributed by atoms with E-state index < -0.39 is 5.41 Å². The second-order valence-corrected chi connectivity index (χ2v) is 12.4. The molecular weight excluding hydrogens is 556 g/mol. The number of fused-ring (bicyclic) bond motifs is 7. The number of benzene rings is 8. The van der Waals surface area contributed by atoms with Crippen LogP contribution in [0.25, 0.3) is 54.9 Å². The Bertz CT molecular complexity index is 2450. The van der Waals surface area contributed by atoms with Crippen LogP contribution in [0.4, 0.5) is 0 Å². The van der Waals surface area contributed by atoms with E-state index in [1.807, 2.05) is 0 Å². The van der Waals surface area contributed by atoms with Crippen molar-refractivity contribution in [1.82, 2.24) is 0 Å². The van der Waals surface area contributed by atoms with Crippen molar-refractivity contribution in [3.05, 3.63) is 192 Å². The number of hydrogen-bond acceptors (Lipinski definition) is 1. The largest absolute Gasteiger partial charge is 0.456 e. The summed E-state index contributed by atoms with van der Waals surface area (Å²) in [5.41, 5.74) is 12.1. The van der Waals surface area contributed by atoms with E-state index in [9.17, 15) is 0 Å².